The van der Waals surface area contributed by atoms with Crippen LogP contribution >= 0.6 is 0 Å². The Morgan fingerprint density at radius 1 is 0.923 bits per heavy atom. The zero-order valence-corrected chi connectivity index (χ0v) is 14.3. The molecule has 146 valence electrons. The molecule has 2 fully saturated rings. The smallest absolute Gasteiger partial charge is 0.314 e. The molecule has 0 amide bonds. The first kappa shape index (κ1) is 19.5. The van der Waals surface area contributed by atoms with Crippen LogP contribution in [0.2, 0.25) is 0 Å². The number of halogens is 6. The van der Waals surface area contributed by atoms with E-state index in [0.717, 1.165) is 37.8 Å². The Labute approximate surface area is 148 Å². The summed E-state index contributed by atoms with van der Waals surface area (Å²) in [5, 5.41) is 3.17. The molecular weight excluding hydrogens is 358 g/mol. The van der Waals surface area contributed by atoms with Crippen molar-refractivity contribution >= 4 is 0 Å². The van der Waals surface area contributed by atoms with Crippen LogP contribution in [0.1, 0.15) is 48.4 Å². The monoisotopic (exact) mass is 380 g/mol. The van der Waals surface area contributed by atoms with Gasteiger partial charge in [0.05, 0.1) is 11.1 Å². The van der Waals surface area contributed by atoms with E-state index in [4.69, 9.17) is 0 Å². The standard InChI is InChI=1S/C18H22F6N2/c19-17(20,21)13-5-6-14(15(11-13)18(22,23)24)16(12-3-1-2-4-12)26-9-7-25-8-10-26/h5-6,11-12,16,25H,1-4,7-10H2/t16-/m1/s1. The molecule has 8 heteroatoms. The summed E-state index contributed by atoms with van der Waals surface area (Å²) >= 11 is 0. The van der Waals surface area contributed by atoms with Crippen LogP contribution in [0.4, 0.5) is 26.3 Å². The Morgan fingerprint density at radius 2 is 1.54 bits per heavy atom. The molecule has 1 aliphatic heterocycles. The maximum Gasteiger partial charge on any atom is 0.416 e. The number of hydrogen-bond acceptors (Lipinski definition) is 2. The SMILES string of the molecule is FC(F)(F)c1ccc([C@@H](C2CCCC2)N2CCNCC2)c(C(F)(F)F)c1. The van der Waals surface area contributed by atoms with E-state index >= 15 is 0 Å². The number of alkyl halides is 6. The first-order chi connectivity index (χ1) is 12.2. The first-order valence-electron chi connectivity index (χ1n) is 8.91. The fourth-order valence-corrected chi connectivity index (χ4v) is 4.22. The lowest BCUT2D eigenvalue weighted by Crippen LogP contribution is -2.47. The van der Waals surface area contributed by atoms with Crippen LogP contribution in [-0.2, 0) is 12.4 Å². The molecule has 3 rings (SSSR count). The molecule has 0 aromatic heterocycles. The van der Waals surface area contributed by atoms with Crippen molar-refractivity contribution in [2.45, 2.75) is 44.1 Å². The van der Waals surface area contributed by atoms with E-state index in [0.29, 0.717) is 26.2 Å². The van der Waals surface area contributed by atoms with Crippen LogP contribution < -0.4 is 5.32 Å². The van der Waals surface area contributed by atoms with Crippen molar-refractivity contribution in [3.8, 4) is 0 Å². The average Bonchev–Trinajstić information content (AvgIpc) is 3.08. The molecule has 1 atom stereocenters. The molecule has 0 radical (unpaired) electrons. The maximum atomic E-state index is 13.6. The van der Waals surface area contributed by atoms with E-state index in [1.807, 2.05) is 4.90 Å². The molecule has 1 aliphatic carbocycles. The fourth-order valence-electron chi connectivity index (χ4n) is 4.22. The van der Waals surface area contributed by atoms with E-state index < -0.39 is 29.5 Å². The Morgan fingerprint density at radius 3 is 2.08 bits per heavy atom. The van der Waals surface area contributed by atoms with E-state index in [2.05, 4.69) is 5.32 Å². The van der Waals surface area contributed by atoms with Crippen LogP contribution in [0.25, 0.3) is 0 Å². The van der Waals surface area contributed by atoms with Gasteiger partial charge in [-0.15, -0.1) is 0 Å². The zero-order valence-electron chi connectivity index (χ0n) is 14.3. The number of rotatable bonds is 3. The van der Waals surface area contributed by atoms with Gasteiger partial charge in [0.1, 0.15) is 0 Å². The summed E-state index contributed by atoms with van der Waals surface area (Å²) < 4.78 is 79.8. The van der Waals surface area contributed by atoms with Crippen molar-refractivity contribution < 1.29 is 26.3 Å². The first-order valence-corrected chi connectivity index (χ1v) is 8.91. The maximum absolute atomic E-state index is 13.6. The molecule has 1 aromatic carbocycles. The van der Waals surface area contributed by atoms with E-state index in [-0.39, 0.29) is 17.5 Å². The number of piperazine rings is 1. The molecule has 1 aromatic rings. The van der Waals surface area contributed by atoms with E-state index in [9.17, 15) is 26.3 Å². The van der Waals surface area contributed by atoms with Gasteiger partial charge in [0.15, 0.2) is 0 Å². The Kier molecular flexibility index (Phi) is 5.53. The quantitative estimate of drug-likeness (QED) is 0.754. The second-order valence-corrected chi connectivity index (χ2v) is 7.07. The van der Waals surface area contributed by atoms with Crippen LogP contribution in [0.3, 0.4) is 0 Å². The molecule has 1 heterocycles. The summed E-state index contributed by atoms with van der Waals surface area (Å²) in [6.45, 7) is 2.54. The minimum atomic E-state index is -4.82. The summed E-state index contributed by atoms with van der Waals surface area (Å²) in [6, 6.07) is 1.63. The van der Waals surface area contributed by atoms with Crippen molar-refractivity contribution in [1.29, 1.82) is 0 Å². The average molecular weight is 380 g/mol. The summed E-state index contributed by atoms with van der Waals surface area (Å²) in [4.78, 5) is 2.00. The molecule has 0 unspecified atom stereocenters. The predicted molar refractivity (Wildman–Crippen MR) is 85.6 cm³/mol. The van der Waals surface area contributed by atoms with Gasteiger partial charge < -0.3 is 5.32 Å². The second-order valence-electron chi connectivity index (χ2n) is 7.07. The minimum absolute atomic E-state index is 0.0145. The highest BCUT2D eigenvalue weighted by molar-refractivity contribution is 5.38. The van der Waals surface area contributed by atoms with Gasteiger partial charge in [-0.3, -0.25) is 4.90 Å². The van der Waals surface area contributed by atoms with Crippen LogP contribution in [0, 0.1) is 5.92 Å². The lowest BCUT2D eigenvalue weighted by atomic mass is 9.86. The van der Waals surface area contributed by atoms with Gasteiger partial charge in [-0.25, -0.2) is 0 Å². The molecule has 2 nitrogen and oxygen atoms in total. The summed E-state index contributed by atoms with van der Waals surface area (Å²) in [5.74, 6) is 0.0472. The third-order valence-corrected chi connectivity index (χ3v) is 5.40. The predicted octanol–water partition coefficient (Wildman–Crippen LogP) is 4.86. The number of nitrogens with zero attached hydrogens (tertiary/aromatic N) is 1. The van der Waals surface area contributed by atoms with Gasteiger partial charge in [-0.2, -0.15) is 26.3 Å². The highest BCUT2D eigenvalue weighted by Gasteiger charge is 2.42. The summed E-state index contributed by atoms with van der Waals surface area (Å²) in [6.07, 6.45) is -6.08. The van der Waals surface area contributed by atoms with Gasteiger partial charge in [0, 0.05) is 32.2 Å². The van der Waals surface area contributed by atoms with Crippen LogP contribution in [-0.4, -0.2) is 31.1 Å². The van der Waals surface area contributed by atoms with E-state index in [1.54, 1.807) is 0 Å². The molecule has 2 aliphatic rings. The topological polar surface area (TPSA) is 15.3 Å². The van der Waals surface area contributed by atoms with Crippen molar-refractivity contribution in [1.82, 2.24) is 10.2 Å². The van der Waals surface area contributed by atoms with E-state index in [1.165, 1.54) is 0 Å². The third kappa shape index (κ3) is 4.17. The highest BCUT2D eigenvalue weighted by Crippen LogP contribution is 2.45. The zero-order chi connectivity index (χ0) is 18.9. The van der Waals surface area contributed by atoms with Gasteiger partial charge in [0.2, 0.25) is 0 Å². The lowest BCUT2D eigenvalue weighted by Gasteiger charge is -2.39. The molecular formula is C18H22F6N2. The second kappa shape index (κ2) is 7.38. The Bertz CT molecular complexity index is 613. The normalized spacial score (nSPS) is 21.9. The third-order valence-electron chi connectivity index (χ3n) is 5.40. The fraction of sp³-hybridized carbons (Fsp3) is 0.667. The molecule has 26 heavy (non-hydrogen) atoms. The Balaban J connectivity index is 2.07. The number of hydrogen-bond donors (Lipinski definition) is 1. The summed E-state index contributed by atoms with van der Waals surface area (Å²) in [5.41, 5.74) is -2.42. The van der Waals surface area contributed by atoms with Gasteiger partial charge in [-0.05, 0) is 36.5 Å². The van der Waals surface area contributed by atoms with Gasteiger partial charge in [0.25, 0.3) is 0 Å². The highest BCUT2D eigenvalue weighted by atomic mass is 19.4. The molecule has 1 N–H and O–H groups in total. The van der Waals surface area contributed by atoms with Gasteiger partial charge >= 0.3 is 12.4 Å². The van der Waals surface area contributed by atoms with Crippen molar-refractivity contribution in [2.24, 2.45) is 5.92 Å². The van der Waals surface area contributed by atoms with Crippen molar-refractivity contribution in [2.75, 3.05) is 26.2 Å². The lowest BCUT2D eigenvalue weighted by molar-refractivity contribution is -0.144. The summed E-state index contributed by atoms with van der Waals surface area (Å²) in [7, 11) is 0. The van der Waals surface area contributed by atoms with Crippen LogP contribution in [0.5, 0.6) is 0 Å². The number of benzene rings is 1. The minimum Gasteiger partial charge on any atom is -0.314 e. The van der Waals surface area contributed by atoms with Gasteiger partial charge in [-0.1, -0.05) is 18.9 Å². The largest absolute Gasteiger partial charge is 0.416 e. The molecule has 0 bridgehead atoms. The number of nitrogens with one attached hydrogen (secondary N) is 1. The van der Waals surface area contributed by atoms with Crippen LogP contribution in [0.15, 0.2) is 18.2 Å². The molecule has 1 saturated carbocycles. The molecule has 1 saturated heterocycles. The van der Waals surface area contributed by atoms with Crippen molar-refractivity contribution in [3.05, 3.63) is 34.9 Å². The molecule has 0 spiro atoms. The van der Waals surface area contributed by atoms with Crippen molar-refractivity contribution in [3.63, 3.8) is 0 Å². The Hall–Kier alpha value is -1.28.